The number of aromatic nitrogens is 2. The minimum absolute atomic E-state index is 0.790. The minimum Gasteiger partial charge on any atom is -0.370 e. The van der Waals surface area contributed by atoms with Gasteiger partial charge in [0, 0.05) is 18.3 Å². The van der Waals surface area contributed by atoms with Crippen molar-refractivity contribution in [1.82, 2.24) is 14.9 Å². The molecule has 0 radical (unpaired) electrons. The summed E-state index contributed by atoms with van der Waals surface area (Å²) in [6.45, 7) is 6.08. The van der Waals surface area contributed by atoms with Crippen molar-refractivity contribution < 1.29 is 0 Å². The van der Waals surface area contributed by atoms with Crippen LogP contribution in [0.3, 0.4) is 0 Å². The molecule has 17 heavy (non-hydrogen) atoms. The molecule has 0 fully saturated rings. The highest BCUT2D eigenvalue weighted by molar-refractivity contribution is 5.36. The number of anilines is 1. The Morgan fingerprint density at radius 2 is 1.94 bits per heavy atom. The maximum atomic E-state index is 4.58. The average Bonchev–Trinajstić information content (AvgIpc) is 2.25. The quantitative estimate of drug-likeness (QED) is 0.789. The normalized spacial score (nSPS) is 10.9. The van der Waals surface area contributed by atoms with Gasteiger partial charge in [0.15, 0.2) is 0 Å². The zero-order chi connectivity index (χ0) is 12.7. The maximum Gasteiger partial charge on any atom is 0.144 e. The minimum atomic E-state index is 0.790. The van der Waals surface area contributed by atoms with Gasteiger partial charge in [-0.3, -0.25) is 0 Å². The third kappa shape index (κ3) is 5.13. The lowest BCUT2D eigenvalue weighted by Gasteiger charge is -2.12. The molecule has 1 aromatic rings. The molecule has 1 aromatic heterocycles. The molecule has 1 rings (SSSR count). The van der Waals surface area contributed by atoms with E-state index in [1.165, 1.54) is 0 Å². The van der Waals surface area contributed by atoms with Crippen LogP contribution in [0.1, 0.15) is 38.2 Å². The molecule has 0 unspecified atom stereocenters. The van der Waals surface area contributed by atoms with Crippen LogP contribution in [-0.4, -0.2) is 35.5 Å². The third-order valence-electron chi connectivity index (χ3n) is 2.35. The van der Waals surface area contributed by atoms with Crippen LogP contribution in [0.25, 0.3) is 0 Å². The van der Waals surface area contributed by atoms with Crippen LogP contribution in [-0.2, 0) is 13.0 Å². The maximum absolute atomic E-state index is 4.58. The highest BCUT2D eigenvalue weighted by Gasteiger charge is 2.05. The van der Waals surface area contributed by atoms with Crippen molar-refractivity contribution in [2.45, 2.75) is 39.7 Å². The van der Waals surface area contributed by atoms with E-state index < -0.39 is 0 Å². The molecule has 4 heteroatoms. The number of rotatable bonds is 7. The van der Waals surface area contributed by atoms with Gasteiger partial charge in [0.2, 0.25) is 0 Å². The van der Waals surface area contributed by atoms with Gasteiger partial charge in [-0.05, 0) is 26.9 Å². The summed E-state index contributed by atoms with van der Waals surface area (Å²) in [5.74, 6) is 1.86. The van der Waals surface area contributed by atoms with Crippen molar-refractivity contribution in [3.05, 3.63) is 17.6 Å². The summed E-state index contributed by atoms with van der Waals surface area (Å²) >= 11 is 0. The van der Waals surface area contributed by atoms with Crippen molar-refractivity contribution in [2.75, 3.05) is 26.0 Å². The van der Waals surface area contributed by atoms with Crippen LogP contribution >= 0.6 is 0 Å². The summed E-state index contributed by atoms with van der Waals surface area (Å²) in [5, 5.41) is 3.34. The number of nitrogens with zero attached hydrogens (tertiary/aromatic N) is 3. The topological polar surface area (TPSA) is 41.1 Å². The van der Waals surface area contributed by atoms with E-state index in [-0.39, 0.29) is 0 Å². The lowest BCUT2D eigenvalue weighted by atomic mass is 10.2. The summed E-state index contributed by atoms with van der Waals surface area (Å²) in [4.78, 5) is 11.2. The highest BCUT2D eigenvalue weighted by Crippen LogP contribution is 2.10. The first-order chi connectivity index (χ1) is 8.15. The number of aryl methyl sites for hydroxylation is 1. The molecule has 0 aromatic carbocycles. The number of nitrogens with one attached hydrogen (secondary N) is 1. The fraction of sp³-hybridized carbons (Fsp3) is 0.692. The molecule has 1 N–H and O–H groups in total. The molecule has 0 aliphatic heterocycles. The average molecular weight is 236 g/mol. The van der Waals surface area contributed by atoms with Crippen molar-refractivity contribution >= 4 is 5.82 Å². The van der Waals surface area contributed by atoms with E-state index in [0.717, 1.165) is 49.7 Å². The van der Waals surface area contributed by atoms with E-state index >= 15 is 0 Å². The number of hydrogen-bond acceptors (Lipinski definition) is 4. The zero-order valence-corrected chi connectivity index (χ0v) is 11.5. The van der Waals surface area contributed by atoms with Crippen LogP contribution in [0, 0.1) is 0 Å². The molecule has 0 atom stereocenters. The highest BCUT2D eigenvalue weighted by atomic mass is 15.1. The first-order valence-corrected chi connectivity index (χ1v) is 6.41. The molecule has 0 spiro atoms. The van der Waals surface area contributed by atoms with E-state index in [2.05, 4.69) is 40.1 Å². The van der Waals surface area contributed by atoms with E-state index in [0.29, 0.717) is 0 Å². The van der Waals surface area contributed by atoms with E-state index in [4.69, 9.17) is 0 Å². The lowest BCUT2D eigenvalue weighted by molar-refractivity contribution is 0.390. The molecule has 4 nitrogen and oxygen atoms in total. The summed E-state index contributed by atoms with van der Waals surface area (Å²) in [7, 11) is 4.07. The van der Waals surface area contributed by atoms with E-state index in [1.54, 1.807) is 0 Å². The molecule has 0 saturated carbocycles. The Labute approximate surface area is 104 Å². The Bertz CT molecular complexity index is 336. The summed E-state index contributed by atoms with van der Waals surface area (Å²) in [6.07, 6.45) is 3.24. The van der Waals surface area contributed by atoms with Gasteiger partial charge in [-0.15, -0.1) is 0 Å². The Hall–Kier alpha value is -1.16. The Kier molecular flexibility index (Phi) is 5.91. The van der Waals surface area contributed by atoms with Crippen molar-refractivity contribution in [3.8, 4) is 0 Å². The van der Waals surface area contributed by atoms with Crippen molar-refractivity contribution in [2.24, 2.45) is 0 Å². The molecular formula is C13H24N4. The van der Waals surface area contributed by atoms with Gasteiger partial charge in [0.1, 0.15) is 11.6 Å². The monoisotopic (exact) mass is 236 g/mol. The SMILES string of the molecule is CCCNc1cc(CCC)nc(CN(C)C)n1. The van der Waals surface area contributed by atoms with Gasteiger partial charge >= 0.3 is 0 Å². The fourth-order valence-corrected chi connectivity index (χ4v) is 1.63. The van der Waals surface area contributed by atoms with Crippen molar-refractivity contribution in [3.63, 3.8) is 0 Å². The largest absolute Gasteiger partial charge is 0.370 e. The van der Waals surface area contributed by atoms with E-state index in [9.17, 15) is 0 Å². The first-order valence-electron chi connectivity index (χ1n) is 6.41. The second kappa shape index (κ2) is 7.22. The van der Waals surface area contributed by atoms with Gasteiger partial charge in [-0.2, -0.15) is 0 Å². The van der Waals surface area contributed by atoms with E-state index in [1.807, 2.05) is 14.1 Å². The lowest BCUT2D eigenvalue weighted by Crippen LogP contribution is -2.15. The smallest absolute Gasteiger partial charge is 0.144 e. The summed E-state index contributed by atoms with van der Waals surface area (Å²) in [6, 6.07) is 2.07. The van der Waals surface area contributed by atoms with Gasteiger partial charge in [-0.1, -0.05) is 20.3 Å². The Morgan fingerprint density at radius 1 is 1.18 bits per heavy atom. The molecule has 0 aliphatic rings. The summed E-state index contributed by atoms with van der Waals surface area (Å²) < 4.78 is 0. The van der Waals surface area contributed by atoms with Crippen LogP contribution in [0.4, 0.5) is 5.82 Å². The Morgan fingerprint density at radius 3 is 2.53 bits per heavy atom. The van der Waals surface area contributed by atoms with Gasteiger partial charge < -0.3 is 10.2 Å². The second-order valence-corrected chi connectivity index (χ2v) is 4.58. The van der Waals surface area contributed by atoms with Crippen LogP contribution in [0.2, 0.25) is 0 Å². The van der Waals surface area contributed by atoms with Gasteiger partial charge in [-0.25, -0.2) is 9.97 Å². The molecule has 1 heterocycles. The molecule has 96 valence electrons. The predicted molar refractivity (Wildman–Crippen MR) is 72.2 cm³/mol. The fourth-order valence-electron chi connectivity index (χ4n) is 1.63. The molecule has 0 aliphatic carbocycles. The second-order valence-electron chi connectivity index (χ2n) is 4.58. The van der Waals surface area contributed by atoms with Gasteiger partial charge in [0.25, 0.3) is 0 Å². The number of hydrogen-bond donors (Lipinski definition) is 1. The summed E-state index contributed by atoms with van der Waals surface area (Å²) in [5.41, 5.74) is 1.14. The molecule has 0 bridgehead atoms. The van der Waals surface area contributed by atoms with Crippen LogP contribution < -0.4 is 5.32 Å². The first kappa shape index (κ1) is 13.9. The van der Waals surface area contributed by atoms with Crippen LogP contribution in [0.15, 0.2) is 6.07 Å². The third-order valence-corrected chi connectivity index (χ3v) is 2.35. The standard InChI is InChI=1S/C13H24N4/c1-5-7-11-9-12(14-8-6-2)16-13(15-11)10-17(3)4/h9H,5-8,10H2,1-4H3,(H,14,15,16). The molecular weight excluding hydrogens is 212 g/mol. The predicted octanol–water partition coefficient (Wildman–Crippen LogP) is 2.31. The molecule has 0 amide bonds. The van der Waals surface area contributed by atoms with Gasteiger partial charge in [0.05, 0.1) is 6.54 Å². The zero-order valence-electron chi connectivity index (χ0n) is 11.5. The Balaban J connectivity index is 2.84. The van der Waals surface area contributed by atoms with Crippen molar-refractivity contribution in [1.29, 1.82) is 0 Å². The van der Waals surface area contributed by atoms with Crippen LogP contribution in [0.5, 0.6) is 0 Å². The molecule has 0 saturated heterocycles.